The molecule has 9 N–H and O–H groups in total. The number of hydrogen-bond acceptors (Lipinski definition) is 7. The molecule has 2 heterocycles. The minimum atomic E-state index is -1.37. The van der Waals surface area contributed by atoms with Crippen LogP contribution in [-0.2, 0) is 32.0 Å². The van der Waals surface area contributed by atoms with E-state index in [4.69, 9.17) is 5.73 Å². The lowest BCUT2D eigenvalue weighted by Crippen LogP contribution is -2.58. The summed E-state index contributed by atoms with van der Waals surface area (Å²) in [5.41, 5.74) is 8.09. The lowest BCUT2D eigenvalue weighted by Gasteiger charge is -2.25. The van der Waals surface area contributed by atoms with Crippen LogP contribution in [0.1, 0.15) is 31.5 Å². The number of aromatic amines is 2. The van der Waals surface area contributed by atoms with Crippen LogP contribution in [0.25, 0.3) is 10.9 Å². The summed E-state index contributed by atoms with van der Waals surface area (Å²) < 4.78 is 0. The normalized spacial score (nSPS) is 14.4. The molecule has 39 heavy (non-hydrogen) atoms. The average Bonchev–Trinajstić information content (AvgIpc) is 3.55. The van der Waals surface area contributed by atoms with Gasteiger partial charge in [-0.25, -0.2) is 9.78 Å². The molecule has 0 radical (unpaired) electrons. The van der Waals surface area contributed by atoms with Crippen LogP contribution >= 0.6 is 0 Å². The highest BCUT2D eigenvalue weighted by atomic mass is 16.4. The van der Waals surface area contributed by atoms with Gasteiger partial charge in [-0.3, -0.25) is 14.4 Å². The smallest absolute Gasteiger partial charge is 0.326 e. The summed E-state index contributed by atoms with van der Waals surface area (Å²) in [7, 11) is 0. The fourth-order valence-electron chi connectivity index (χ4n) is 4.17. The molecule has 0 saturated carbocycles. The van der Waals surface area contributed by atoms with Crippen LogP contribution in [0.5, 0.6) is 0 Å². The number of benzene rings is 1. The number of carbonyl (C=O) groups excluding carboxylic acids is 3. The van der Waals surface area contributed by atoms with E-state index in [-0.39, 0.29) is 25.2 Å². The standard InChI is InChI=1S/C26H35N7O6/c1-14(2)7-20(31-25(37)22(12-34)33-23(35)18(27)9-16-11-28-13-30-16)24(36)32-21(26(38)39)8-15-10-29-19-6-4-3-5-17(15)19/h3-6,10-11,13-14,18,20-22,29,34H,7-9,12,27H2,1-2H3,(H,28,30)(H,31,37)(H,32,36)(H,33,35)(H,38,39). The molecule has 13 heteroatoms. The summed E-state index contributed by atoms with van der Waals surface area (Å²) in [5.74, 6) is -3.43. The molecule has 0 aliphatic carbocycles. The van der Waals surface area contributed by atoms with Crippen molar-refractivity contribution < 1.29 is 29.4 Å². The number of fused-ring (bicyclic) bond motifs is 1. The zero-order valence-electron chi connectivity index (χ0n) is 21.8. The molecule has 0 bridgehead atoms. The summed E-state index contributed by atoms with van der Waals surface area (Å²) in [4.78, 5) is 60.4. The van der Waals surface area contributed by atoms with Gasteiger partial charge < -0.3 is 41.9 Å². The van der Waals surface area contributed by atoms with Crippen molar-refractivity contribution in [2.24, 2.45) is 11.7 Å². The first-order chi connectivity index (χ1) is 18.6. The Morgan fingerprint density at radius 3 is 2.26 bits per heavy atom. The second-order valence-corrected chi connectivity index (χ2v) is 9.78. The molecule has 210 valence electrons. The largest absolute Gasteiger partial charge is 0.480 e. The number of amides is 3. The Bertz CT molecular complexity index is 1270. The summed E-state index contributed by atoms with van der Waals surface area (Å²) in [5, 5.41) is 27.9. The number of nitrogens with one attached hydrogen (secondary N) is 5. The maximum absolute atomic E-state index is 13.2. The first-order valence-electron chi connectivity index (χ1n) is 12.6. The van der Waals surface area contributed by atoms with Crippen LogP contribution in [0, 0.1) is 5.92 Å². The van der Waals surface area contributed by atoms with Gasteiger partial charge in [0.25, 0.3) is 0 Å². The summed E-state index contributed by atoms with van der Waals surface area (Å²) in [6.07, 6.45) is 5.02. The highest BCUT2D eigenvalue weighted by Crippen LogP contribution is 2.19. The van der Waals surface area contributed by atoms with E-state index >= 15 is 0 Å². The minimum Gasteiger partial charge on any atom is -0.480 e. The number of aliphatic carboxylic acids is 1. The van der Waals surface area contributed by atoms with E-state index in [1.807, 2.05) is 38.1 Å². The molecule has 3 aromatic rings. The van der Waals surface area contributed by atoms with Gasteiger partial charge in [0.1, 0.15) is 18.1 Å². The molecule has 0 aliphatic heterocycles. The Labute approximate surface area is 225 Å². The van der Waals surface area contributed by atoms with E-state index in [1.54, 1.807) is 6.20 Å². The van der Waals surface area contributed by atoms with Crippen LogP contribution in [0.2, 0.25) is 0 Å². The number of carboxylic acid groups (broad SMARTS) is 1. The van der Waals surface area contributed by atoms with E-state index in [0.29, 0.717) is 5.69 Å². The van der Waals surface area contributed by atoms with Crippen molar-refractivity contribution in [1.29, 1.82) is 0 Å². The molecule has 0 fully saturated rings. The van der Waals surface area contributed by atoms with Gasteiger partial charge in [0, 0.05) is 41.8 Å². The van der Waals surface area contributed by atoms with Crippen LogP contribution in [0.15, 0.2) is 43.0 Å². The first kappa shape index (κ1) is 29.3. The molecular weight excluding hydrogens is 506 g/mol. The predicted octanol–water partition coefficient (Wildman–Crippen LogP) is -0.419. The maximum Gasteiger partial charge on any atom is 0.326 e. The number of rotatable bonds is 14. The Morgan fingerprint density at radius 2 is 1.62 bits per heavy atom. The summed E-state index contributed by atoms with van der Waals surface area (Å²) in [6.45, 7) is 2.95. The molecule has 4 atom stereocenters. The van der Waals surface area contributed by atoms with E-state index < -0.39 is 54.5 Å². The predicted molar refractivity (Wildman–Crippen MR) is 142 cm³/mol. The van der Waals surface area contributed by atoms with Crippen molar-refractivity contribution in [2.75, 3.05) is 6.61 Å². The van der Waals surface area contributed by atoms with Gasteiger partial charge in [-0.2, -0.15) is 0 Å². The Kier molecular flexibility index (Phi) is 10.2. The second kappa shape index (κ2) is 13.5. The van der Waals surface area contributed by atoms with Gasteiger partial charge >= 0.3 is 5.97 Å². The molecule has 0 aliphatic rings. The summed E-state index contributed by atoms with van der Waals surface area (Å²) >= 11 is 0. The second-order valence-electron chi connectivity index (χ2n) is 9.78. The van der Waals surface area contributed by atoms with Crippen molar-refractivity contribution in [2.45, 2.75) is 57.3 Å². The monoisotopic (exact) mass is 541 g/mol. The van der Waals surface area contributed by atoms with Crippen LogP contribution in [0.3, 0.4) is 0 Å². The third kappa shape index (κ3) is 8.12. The zero-order valence-corrected chi connectivity index (χ0v) is 21.8. The fourth-order valence-corrected chi connectivity index (χ4v) is 4.17. The Hall–Kier alpha value is -4.23. The third-order valence-electron chi connectivity index (χ3n) is 6.20. The molecule has 0 spiro atoms. The topological polar surface area (TPSA) is 215 Å². The van der Waals surface area contributed by atoms with E-state index in [1.165, 1.54) is 12.5 Å². The molecule has 3 rings (SSSR count). The number of aliphatic hydroxyl groups excluding tert-OH is 1. The number of imidazole rings is 1. The van der Waals surface area contributed by atoms with Crippen molar-refractivity contribution in [1.82, 2.24) is 30.9 Å². The number of hydrogen-bond donors (Lipinski definition) is 8. The quantitative estimate of drug-likeness (QED) is 0.134. The number of nitrogens with zero attached hydrogens (tertiary/aromatic N) is 1. The maximum atomic E-state index is 13.2. The van der Waals surface area contributed by atoms with Crippen molar-refractivity contribution >= 4 is 34.6 Å². The number of nitrogens with two attached hydrogens (primary N) is 1. The lowest BCUT2D eigenvalue weighted by molar-refractivity contribution is -0.142. The SMILES string of the molecule is CC(C)CC(NC(=O)C(CO)NC(=O)C(N)Cc1cnc[nH]1)C(=O)NC(Cc1c[nH]c2ccccc12)C(=O)O. The Balaban J connectivity index is 1.66. The highest BCUT2D eigenvalue weighted by molar-refractivity contribution is 5.94. The molecule has 4 unspecified atom stereocenters. The van der Waals surface area contributed by atoms with Gasteiger partial charge in [0.15, 0.2) is 0 Å². The van der Waals surface area contributed by atoms with E-state index in [9.17, 15) is 29.4 Å². The van der Waals surface area contributed by atoms with E-state index in [0.717, 1.165) is 16.5 Å². The molecular formula is C26H35N7O6. The molecule has 0 saturated heterocycles. The van der Waals surface area contributed by atoms with Crippen molar-refractivity contribution in [3.05, 3.63) is 54.2 Å². The first-order valence-corrected chi connectivity index (χ1v) is 12.6. The summed E-state index contributed by atoms with van der Waals surface area (Å²) in [6, 6.07) is 2.67. The molecule has 3 amide bonds. The molecule has 2 aromatic heterocycles. The number of para-hydroxylation sites is 1. The third-order valence-corrected chi connectivity index (χ3v) is 6.20. The molecule has 13 nitrogen and oxygen atoms in total. The number of carbonyl (C=O) groups is 4. The number of H-pyrrole nitrogens is 2. The van der Waals surface area contributed by atoms with Crippen molar-refractivity contribution in [3.8, 4) is 0 Å². The van der Waals surface area contributed by atoms with Crippen molar-refractivity contribution in [3.63, 3.8) is 0 Å². The number of aromatic nitrogens is 3. The van der Waals surface area contributed by atoms with Gasteiger partial charge in [-0.1, -0.05) is 32.0 Å². The van der Waals surface area contributed by atoms with Gasteiger partial charge in [-0.05, 0) is 24.0 Å². The van der Waals surface area contributed by atoms with E-state index in [2.05, 4.69) is 30.9 Å². The van der Waals surface area contributed by atoms with Crippen LogP contribution < -0.4 is 21.7 Å². The fraction of sp³-hybridized carbons (Fsp3) is 0.423. The van der Waals surface area contributed by atoms with Gasteiger partial charge in [0.2, 0.25) is 17.7 Å². The van der Waals surface area contributed by atoms with Crippen LogP contribution in [0.4, 0.5) is 0 Å². The van der Waals surface area contributed by atoms with Gasteiger partial charge in [-0.15, -0.1) is 0 Å². The van der Waals surface area contributed by atoms with Crippen LogP contribution in [-0.4, -0.2) is 79.6 Å². The number of aliphatic hydroxyl groups is 1. The lowest BCUT2D eigenvalue weighted by atomic mass is 10.0. The highest BCUT2D eigenvalue weighted by Gasteiger charge is 2.31. The minimum absolute atomic E-state index is 0.0248. The van der Waals surface area contributed by atoms with Gasteiger partial charge in [0.05, 0.1) is 19.0 Å². The number of carboxylic acids is 1. The molecule has 1 aromatic carbocycles. The zero-order chi connectivity index (χ0) is 28.5. The Morgan fingerprint density at radius 1 is 0.949 bits per heavy atom. The average molecular weight is 542 g/mol.